The van der Waals surface area contributed by atoms with Crippen LogP contribution < -0.4 is 15.8 Å². The second-order valence-corrected chi connectivity index (χ2v) is 6.86. The van der Waals surface area contributed by atoms with E-state index in [1.165, 1.54) is 12.1 Å². The van der Waals surface area contributed by atoms with Gasteiger partial charge in [-0.3, -0.25) is 9.78 Å². The first-order chi connectivity index (χ1) is 15.2. The van der Waals surface area contributed by atoms with Crippen molar-refractivity contribution in [2.75, 3.05) is 6.61 Å². The third kappa shape index (κ3) is 8.50. The number of amides is 2. The zero-order chi connectivity index (χ0) is 24.8. The summed E-state index contributed by atoms with van der Waals surface area (Å²) in [4.78, 5) is 27.5. The largest absolute Gasteiger partial charge is 0.483 e. The number of carbonyl (C=O) groups excluding carboxylic acids is 2. The summed E-state index contributed by atoms with van der Waals surface area (Å²) in [5, 5.41) is 2.55. The van der Waals surface area contributed by atoms with E-state index in [4.69, 9.17) is 10.5 Å². The third-order valence-corrected chi connectivity index (χ3v) is 4.22. The van der Waals surface area contributed by atoms with Gasteiger partial charge in [0.1, 0.15) is 11.9 Å². The quantitative estimate of drug-likeness (QED) is 0.545. The molecule has 0 aliphatic rings. The maximum atomic E-state index is 12.7. The minimum Gasteiger partial charge on any atom is -0.483 e. The van der Waals surface area contributed by atoms with Gasteiger partial charge < -0.3 is 20.5 Å². The Bertz CT molecular complexity index is 946. The van der Waals surface area contributed by atoms with Crippen LogP contribution in [-0.2, 0) is 15.7 Å². The predicted octanol–water partition coefficient (Wildman–Crippen LogP) is 4.45. The van der Waals surface area contributed by atoms with Crippen molar-refractivity contribution in [2.24, 2.45) is 5.73 Å². The van der Waals surface area contributed by atoms with Crippen LogP contribution in [0.1, 0.15) is 42.3 Å². The Balaban J connectivity index is 2.02. The fraction of sp³-hybridized carbons (Fsp3) is 0.350. The second kappa shape index (κ2) is 10.4. The first-order valence-electron chi connectivity index (χ1n) is 9.32. The average Bonchev–Trinajstić information content (AvgIpc) is 2.70. The topological polar surface area (TPSA) is 104 Å². The van der Waals surface area contributed by atoms with E-state index < -0.39 is 55.1 Å². The molecule has 0 fully saturated rings. The number of benzene rings is 1. The van der Waals surface area contributed by atoms with Gasteiger partial charge in [-0.15, -0.1) is 0 Å². The van der Waals surface area contributed by atoms with Gasteiger partial charge in [-0.05, 0) is 36.8 Å². The van der Waals surface area contributed by atoms with Gasteiger partial charge in [-0.2, -0.15) is 26.3 Å². The number of aromatic nitrogens is 1. The van der Waals surface area contributed by atoms with Crippen molar-refractivity contribution in [1.29, 1.82) is 0 Å². The van der Waals surface area contributed by atoms with Crippen LogP contribution in [-0.4, -0.2) is 29.8 Å². The molecule has 0 unspecified atom stereocenters. The highest BCUT2D eigenvalue weighted by Gasteiger charge is 2.31. The fourth-order valence-electron chi connectivity index (χ4n) is 2.70. The minimum atomic E-state index is -4.56. The number of nitrogens with two attached hydrogens (primary N) is 1. The van der Waals surface area contributed by atoms with Gasteiger partial charge in [-0.25, -0.2) is 4.79 Å². The van der Waals surface area contributed by atoms with E-state index in [-0.39, 0.29) is 11.3 Å². The van der Waals surface area contributed by atoms with E-state index >= 15 is 0 Å². The summed E-state index contributed by atoms with van der Waals surface area (Å²) in [6.45, 7) is 0.0596. The Morgan fingerprint density at radius 3 is 2.18 bits per heavy atom. The van der Waals surface area contributed by atoms with E-state index in [1.807, 2.05) is 0 Å². The van der Waals surface area contributed by atoms with Crippen LogP contribution in [0.2, 0.25) is 0 Å². The summed E-state index contributed by atoms with van der Waals surface area (Å²) in [6.07, 6.45) is -10.9. The summed E-state index contributed by atoms with van der Waals surface area (Å²) in [5.41, 5.74) is 4.49. The summed E-state index contributed by atoms with van der Waals surface area (Å²) >= 11 is 0. The minimum absolute atomic E-state index is 0.119. The van der Waals surface area contributed by atoms with Gasteiger partial charge in [0, 0.05) is 0 Å². The molecule has 0 bridgehead atoms. The molecule has 0 radical (unpaired) electrons. The van der Waals surface area contributed by atoms with Crippen molar-refractivity contribution in [3.8, 4) is 5.75 Å². The Hall–Kier alpha value is -3.51. The fourth-order valence-corrected chi connectivity index (χ4v) is 2.70. The van der Waals surface area contributed by atoms with Gasteiger partial charge in [-0.1, -0.05) is 12.1 Å². The second-order valence-electron chi connectivity index (χ2n) is 6.86. The molecule has 1 aromatic heterocycles. The molecular formula is C20H19F6N3O4. The van der Waals surface area contributed by atoms with E-state index in [0.29, 0.717) is 5.69 Å². The van der Waals surface area contributed by atoms with Crippen LogP contribution >= 0.6 is 0 Å². The molecule has 33 heavy (non-hydrogen) atoms. The van der Waals surface area contributed by atoms with E-state index in [2.05, 4.69) is 15.0 Å². The van der Waals surface area contributed by atoms with Gasteiger partial charge in [0.05, 0.1) is 29.9 Å². The molecule has 0 saturated carbocycles. The standard InChI is InChI=1S/C20H19F6N3O4/c1-11(15-7-6-14(9-28-15)32-10-19(21,22)23)29-17(30)8-16(33-18(27)31)12-2-4-13(5-3-12)20(24,25)26/h2-7,9,11,16H,8,10H2,1H3,(H2,27,31)(H,29,30)/t11-,16-/m1/s1. The first kappa shape index (κ1) is 25.7. The summed E-state index contributed by atoms with van der Waals surface area (Å²) in [6, 6.07) is 5.58. The number of halogens is 6. The number of pyridine rings is 1. The molecule has 2 atom stereocenters. The van der Waals surface area contributed by atoms with E-state index in [1.54, 1.807) is 6.92 Å². The molecule has 180 valence electrons. The molecule has 2 amide bonds. The molecule has 0 aliphatic carbocycles. The molecule has 0 saturated heterocycles. The van der Waals surface area contributed by atoms with Crippen LogP contribution in [0.25, 0.3) is 0 Å². The SMILES string of the molecule is C[C@@H](NC(=O)C[C@@H](OC(N)=O)c1ccc(C(F)(F)F)cc1)c1ccc(OCC(F)(F)F)cn1. The van der Waals surface area contributed by atoms with Crippen LogP contribution in [0.15, 0.2) is 42.6 Å². The molecule has 0 aliphatic heterocycles. The van der Waals surface area contributed by atoms with E-state index in [0.717, 1.165) is 30.5 Å². The molecule has 0 spiro atoms. The number of rotatable bonds is 8. The Kier molecular flexibility index (Phi) is 8.12. The zero-order valence-corrected chi connectivity index (χ0v) is 17.0. The lowest BCUT2D eigenvalue weighted by Crippen LogP contribution is -2.30. The highest BCUT2D eigenvalue weighted by atomic mass is 19.4. The number of alkyl halides is 6. The lowest BCUT2D eigenvalue weighted by atomic mass is 10.0. The number of ether oxygens (including phenoxy) is 2. The molecule has 7 nitrogen and oxygen atoms in total. The third-order valence-electron chi connectivity index (χ3n) is 4.22. The van der Waals surface area contributed by atoms with E-state index in [9.17, 15) is 35.9 Å². The molecule has 13 heteroatoms. The van der Waals surface area contributed by atoms with Gasteiger partial charge in [0.15, 0.2) is 6.61 Å². The molecule has 1 heterocycles. The smallest absolute Gasteiger partial charge is 0.422 e. The highest BCUT2D eigenvalue weighted by molar-refractivity contribution is 5.77. The van der Waals surface area contributed by atoms with Gasteiger partial charge in [0.25, 0.3) is 0 Å². The van der Waals surface area contributed by atoms with Crippen molar-refractivity contribution in [3.63, 3.8) is 0 Å². The molecule has 2 aromatic rings. The summed E-state index contributed by atoms with van der Waals surface area (Å²) in [5.74, 6) is -0.764. The number of nitrogens with one attached hydrogen (secondary N) is 1. The van der Waals surface area contributed by atoms with Crippen molar-refractivity contribution >= 4 is 12.0 Å². The van der Waals surface area contributed by atoms with Crippen molar-refractivity contribution in [1.82, 2.24) is 10.3 Å². The van der Waals surface area contributed by atoms with Crippen LogP contribution in [0, 0.1) is 0 Å². The Morgan fingerprint density at radius 2 is 1.70 bits per heavy atom. The lowest BCUT2D eigenvalue weighted by molar-refractivity contribution is -0.153. The molecule has 1 aromatic carbocycles. The molecule has 2 rings (SSSR count). The number of primary amides is 1. The first-order valence-corrected chi connectivity index (χ1v) is 9.32. The zero-order valence-electron chi connectivity index (χ0n) is 17.0. The Morgan fingerprint density at radius 1 is 1.06 bits per heavy atom. The van der Waals surface area contributed by atoms with Crippen molar-refractivity contribution < 1.29 is 45.4 Å². The predicted molar refractivity (Wildman–Crippen MR) is 102 cm³/mol. The monoisotopic (exact) mass is 479 g/mol. The van der Waals surface area contributed by atoms with Crippen LogP contribution in [0.4, 0.5) is 31.1 Å². The van der Waals surface area contributed by atoms with Crippen LogP contribution in [0.3, 0.4) is 0 Å². The van der Waals surface area contributed by atoms with Gasteiger partial charge in [0.2, 0.25) is 5.91 Å². The normalized spacial score (nSPS) is 13.7. The number of nitrogens with zero attached hydrogens (tertiary/aromatic N) is 1. The summed E-state index contributed by atoms with van der Waals surface area (Å²) < 4.78 is 84.2. The van der Waals surface area contributed by atoms with Crippen molar-refractivity contribution in [2.45, 2.75) is 37.8 Å². The van der Waals surface area contributed by atoms with Crippen LogP contribution in [0.5, 0.6) is 5.75 Å². The van der Waals surface area contributed by atoms with Gasteiger partial charge >= 0.3 is 18.4 Å². The lowest BCUT2D eigenvalue weighted by Gasteiger charge is -2.19. The number of carbonyl (C=O) groups is 2. The molecular weight excluding hydrogens is 460 g/mol. The molecule has 3 N–H and O–H groups in total. The summed E-state index contributed by atoms with van der Waals surface area (Å²) in [7, 11) is 0. The Labute approximate surface area is 183 Å². The number of hydrogen-bond donors (Lipinski definition) is 2. The highest BCUT2D eigenvalue weighted by Crippen LogP contribution is 2.31. The average molecular weight is 479 g/mol. The van der Waals surface area contributed by atoms with Crippen molar-refractivity contribution in [3.05, 3.63) is 59.4 Å². The maximum Gasteiger partial charge on any atom is 0.422 e. The number of hydrogen-bond acceptors (Lipinski definition) is 5. The maximum absolute atomic E-state index is 12.7.